The van der Waals surface area contributed by atoms with Crippen LogP contribution in [0.1, 0.15) is 29.3 Å². The van der Waals surface area contributed by atoms with E-state index in [1.807, 2.05) is 30.5 Å². The molecule has 28 heavy (non-hydrogen) atoms. The maximum Gasteiger partial charge on any atom is 0.162 e. The first-order chi connectivity index (χ1) is 13.6. The Labute approximate surface area is 162 Å². The van der Waals surface area contributed by atoms with Gasteiger partial charge in [0.15, 0.2) is 23.1 Å². The Hall–Kier alpha value is -2.86. The van der Waals surface area contributed by atoms with Crippen molar-refractivity contribution in [3.63, 3.8) is 0 Å². The van der Waals surface area contributed by atoms with Gasteiger partial charge < -0.3 is 14.4 Å². The molecule has 0 saturated carbocycles. The van der Waals surface area contributed by atoms with E-state index in [4.69, 9.17) is 4.74 Å². The first-order valence-corrected chi connectivity index (χ1v) is 9.27. The molecule has 0 radical (unpaired) electrons. The standard InChI is InChI=1S/C22H22F2N2O2/c1-28-20-7-2-5-16(22(20)27)14-26-12-4-11-25-10-3-6-19(25)21(26)15-8-9-17(23)18(24)13-15/h2-3,5-10,13,21,27H,4,11-12,14H2,1H3/t21-/m1/s1. The van der Waals surface area contributed by atoms with Crippen LogP contribution in [-0.4, -0.2) is 28.2 Å². The highest BCUT2D eigenvalue weighted by Crippen LogP contribution is 2.36. The van der Waals surface area contributed by atoms with Gasteiger partial charge in [0.2, 0.25) is 0 Å². The Bertz CT molecular complexity index is 986. The summed E-state index contributed by atoms with van der Waals surface area (Å²) in [5, 5.41) is 10.5. The molecule has 4 rings (SSSR count). The predicted molar refractivity (Wildman–Crippen MR) is 102 cm³/mol. The molecule has 0 saturated heterocycles. The van der Waals surface area contributed by atoms with Crippen LogP contribution in [0.5, 0.6) is 11.5 Å². The Morgan fingerprint density at radius 1 is 1.07 bits per heavy atom. The van der Waals surface area contributed by atoms with Crippen LogP contribution < -0.4 is 4.74 Å². The number of phenolic OH excluding ortho intramolecular Hbond substituents is 1. The van der Waals surface area contributed by atoms with Gasteiger partial charge in [-0.05, 0) is 42.3 Å². The van der Waals surface area contributed by atoms with Crippen LogP contribution in [0.15, 0.2) is 54.7 Å². The van der Waals surface area contributed by atoms with Gasteiger partial charge in [0.25, 0.3) is 0 Å². The van der Waals surface area contributed by atoms with Crippen LogP contribution in [0.3, 0.4) is 0 Å². The molecule has 0 amide bonds. The third-order valence-electron chi connectivity index (χ3n) is 5.29. The molecule has 0 aliphatic carbocycles. The normalized spacial score (nSPS) is 17.2. The van der Waals surface area contributed by atoms with Crippen molar-refractivity contribution in [3.8, 4) is 11.5 Å². The van der Waals surface area contributed by atoms with Gasteiger partial charge >= 0.3 is 0 Å². The second kappa shape index (κ2) is 7.64. The molecule has 1 atom stereocenters. The minimum Gasteiger partial charge on any atom is -0.504 e. The van der Waals surface area contributed by atoms with Crippen molar-refractivity contribution in [1.82, 2.24) is 9.47 Å². The number of nitrogens with zero attached hydrogens (tertiary/aromatic N) is 2. The number of methoxy groups -OCH3 is 1. The average molecular weight is 384 g/mol. The van der Waals surface area contributed by atoms with Gasteiger partial charge in [-0.15, -0.1) is 0 Å². The summed E-state index contributed by atoms with van der Waals surface area (Å²) in [6.45, 7) is 2.06. The molecule has 4 nitrogen and oxygen atoms in total. The second-order valence-electron chi connectivity index (χ2n) is 6.99. The zero-order valence-electron chi connectivity index (χ0n) is 15.6. The van der Waals surface area contributed by atoms with Crippen molar-refractivity contribution in [3.05, 3.63) is 83.2 Å². The predicted octanol–water partition coefficient (Wildman–Crippen LogP) is 4.48. The fourth-order valence-corrected chi connectivity index (χ4v) is 3.95. The smallest absolute Gasteiger partial charge is 0.162 e. The van der Waals surface area contributed by atoms with E-state index in [1.165, 1.54) is 19.2 Å². The van der Waals surface area contributed by atoms with Gasteiger partial charge in [-0.25, -0.2) is 8.78 Å². The number of ether oxygens (including phenoxy) is 1. The average Bonchev–Trinajstić information content (AvgIpc) is 3.07. The van der Waals surface area contributed by atoms with Crippen molar-refractivity contribution in [2.24, 2.45) is 0 Å². The fourth-order valence-electron chi connectivity index (χ4n) is 3.95. The van der Waals surface area contributed by atoms with Gasteiger partial charge in [-0.3, -0.25) is 4.90 Å². The first-order valence-electron chi connectivity index (χ1n) is 9.27. The number of aryl methyl sites for hydroxylation is 1. The van der Waals surface area contributed by atoms with Crippen LogP contribution in [-0.2, 0) is 13.1 Å². The number of phenols is 1. The monoisotopic (exact) mass is 384 g/mol. The molecule has 6 heteroatoms. The quantitative estimate of drug-likeness (QED) is 0.721. The summed E-state index contributed by atoms with van der Waals surface area (Å²) < 4.78 is 34.9. The lowest BCUT2D eigenvalue weighted by atomic mass is 10.0. The minimum absolute atomic E-state index is 0.105. The molecule has 0 spiro atoms. The number of aromatic hydroxyl groups is 1. The lowest BCUT2D eigenvalue weighted by Gasteiger charge is -2.31. The summed E-state index contributed by atoms with van der Waals surface area (Å²) in [5.74, 6) is -1.19. The van der Waals surface area contributed by atoms with E-state index in [0.29, 0.717) is 17.9 Å². The summed E-state index contributed by atoms with van der Waals surface area (Å²) >= 11 is 0. The van der Waals surface area contributed by atoms with Crippen LogP contribution in [0, 0.1) is 11.6 Å². The Morgan fingerprint density at radius 2 is 1.93 bits per heavy atom. The molecule has 1 aliphatic rings. The number of rotatable bonds is 4. The van der Waals surface area contributed by atoms with Gasteiger partial charge in [0, 0.05) is 37.1 Å². The van der Waals surface area contributed by atoms with Crippen molar-refractivity contribution >= 4 is 0 Å². The second-order valence-corrected chi connectivity index (χ2v) is 6.99. The molecule has 1 N–H and O–H groups in total. The number of aromatic nitrogens is 1. The van der Waals surface area contributed by atoms with Crippen LogP contribution in [0.2, 0.25) is 0 Å². The van der Waals surface area contributed by atoms with E-state index in [1.54, 1.807) is 12.1 Å². The summed E-state index contributed by atoms with van der Waals surface area (Å²) in [5.41, 5.74) is 2.43. The molecule has 2 heterocycles. The number of benzene rings is 2. The summed E-state index contributed by atoms with van der Waals surface area (Å²) in [6.07, 6.45) is 2.92. The molecule has 3 aromatic rings. The number of para-hydroxylation sites is 1. The molecule has 1 aliphatic heterocycles. The SMILES string of the molecule is COc1cccc(CN2CCCn3cccc3[C@H]2c2ccc(F)c(F)c2)c1O. The van der Waals surface area contributed by atoms with E-state index < -0.39 is 11.6 Å². The van der Waals surface area contributed by atoms with Crippen molar-refractivity contribution in [1.29, 1.82) is 0 Å². The summed E-state index contributed by atoms with van der Waals surface area (Å²) in [7, 11) is 1.52. The van der Waals surface area contributed by atoms with Crippen LogP contribution in [0.4, 0.5) is 8.78 Å². The molecule has 0 bridgehead atoms. The Kier molecular flexibility index (Phi) is 5.05. The number of hydrogen-bond acceptors (Lipinski definition) is 3. The highest BCUT2D eigenvalue weighted by atomic mass is 19.2. The highest BCUT2D eigenvalue weighted by Gasteiger charge is 2.29. The van der Waals surface area contributed by atoms with Crippen molar-refractivity contribution in [2.75, 3.05) is 13.7 Å². The topological polar surface area (TPSA) is 37.6 Å². The van der Waals surface area contributed by atoms with Gasteiger partial charge in [-0.2, -0.15) is 0 Å². The van der Waals surface area contributed by atoms with Crippen molar-refractivity contribution in [2.45, 2.75) is 25.6 Å². The van der Waals surface area contributed by atoms with Crippen LogP contribution in [0.25, 0.3) is 0 Å². The molecular weight excluding hydrogens is 362 g/mol. The largest absolute Gasteiger partial charge is 0.504 e. The summed E-state index contributed by atoms with van der Waals surface area (Å²) in [4.78, 5) is 2.18. The van der Waals surface area contributed by atoms with E-state index >= 15 is 0 Å². The zero-order chi connectivity index (χ0) is 19.7. The molecule has 146 valence electrons. The van der Waals surface area contributed by atoms with Gasteiger partial charge in [-0.1, -0.05) is 18.2 Å². The van der Waals surface area contributed by atoms with E-state index in [-0.39, 0.29) is 11.8 Å². The lowest BCUT2D eigenvalue weighted by molar-refractivity contribution is 0.216. The molecule has 2 aromatic carbocycles. The third kappa shape index (κ3) is 3.36. The Balaban J connectivity index is 1.77. The molecule has 0 fully saturated rings. The highest BCUT2D eigenvalue weighted by molar-refractivity contribution is 5.45. The third-order valence-corrected chi connectivity index (χ3v) is 5.29. The van der Waals surface area contributed by atoms with Crippen LogP contribution >= 0.6 is 0 Å². The van der Waals surface area contributed by atoms with E-state index in [0.717, 1.165) is 30.8 Å². The Morgan fingerprint density at radius 3 is 2.71 bits per heavy atom. The maximum absolute atomic E-state index is 14.0. The van der Waals surface area contributed by atoms with E-state index in [9.17, 15) is 13.9 Å². The number of hydrogen-bond donors (Lipinski definition) is 1. The maximum atomic E-state index is 14.0. The van der Waals surface area contributed by atoms with Crippen molar-refractivity contribution < 1.29 is 18.6 Å². The molecule has 1 aromatic heterocycles. The summed E-state index contributed by atoms with van der Waals surface area (Å²) in [6, 6.07) is 13.2. The number of fused-ring (bicyclic) bond motifs is 1. The first kappa shape index (κ1) is 18.5. The molecule has 0 unspecified atom stereocenters. The zero-order valence-corrected chi connectivity index (χ0v) is 15.6. The molecular formula is C22H22F2N2O2. The van der Waals surface area contributed by atoms with E-state index in [2.05, 4.69) is 9.47 Å². The minimum atomic E-state index is -0.857. The number of halogens is 2. The fraction of sp³-hybridized carbons (Fsp3) is 0.273. The van der Waals surface area contributed by atoms with Gasteiger partial charge in [0.1, 0.15) is 0 Å². The van der Waals surface area contributed by atoms with Gasteiger partial charge in [0.05, 0.1) is 13.2 Å². The lowest BCUT2D eigenvalue weighted by Crippen LogP contribution is -2.29.